The fourth-order valence-electron chi connectivity index (χ4n) is 4.07. The standard InChI is InChI=1S/C19H26N2O3S/c1-14-12-18(14)19(22)20-8-10-21(11-9-20)25(23,24)17-7-6-15-4-2-3-5-16(15)13-17/h6-7,13-14,18H,2-5,8-12H2,1H3/t14-,18-/m0/s1. The molecule has 5 nitrogen and oxygen atoms in total. The lowest BCUT2D eigenvalue weighted by Gasteiger charge is -2.34. The van der Waals surface area contributed by atoms with E-state index in [1.807, 2.05) is 17.0 Å². The Balaban J connectivity index is 1.45. The molecule has 2 fully saturated rings. The minimum atomic E-state index is -3.46. The van der Waals surface area contributed by atoms with Crippen molar-refractivity contribution < 1.29 is 13.2 Å². The summed E-state index contributed by atoms with van der Waals surface area (Å²) < 4.78 is 27.5. The molecule has 1 aromatic carbocycles. The highest BCUT2D eigenvalue weighted by atomic mass is 32.2. The number of carbonyl (C=O) groups is 1. The van der Waals surface area contributed by atoms with Crippen LogP contribution >= 0.6 is 0 Å². The summed E-state index contributed by atoms with van der Waals surface area (Å²) in [5.74, 6) is 0.867. The predicted molar refractivity (Wildman–Crippen MR) is 95.7 cm³/mol. The van der Waals surface area contributed by atoms with Gasteiger partial charge in [-0.05, 0) is 61.3 Å². The van der Waals surface area contributed by atoms with Crippen LogP contribution in [-0.4, -0.2) is 49.7 Å². The Morgan fingerprint density at radius 3 is 2.32 bits per heavy atom. The summed E-state index contributed by atoms with van der Waals surface area (Å²) in [5.41, 5.74) is 2.48. The monoisotopic (exact) mass is 362 g/mol. The summed E-state index contributed by atoms with van der Waals surface area (Å²) in [6, 6.07) is 5.60. The molecule has 0 N–H and O–H groups in total. The second-order valence-electron chi connectivity index (χ2n) is 7.69. The first-order valence-electron chi connectivity index (χ1n) is 9.37. The van der Waals surface area contributed by atoms with Crippen LogP contribution in [0, 0.1) is 11.8 Å². The molecule has 6 heteroatoms. The molecule has 1 heterocycles. The number of sulfonamides is 1. The second-order valence-corrected chi connectivity index (χ2v) is 9.62. The number of piperazine rings is 1. The quantitative estimate of drug-likeness (QED) is 0.827. The average molecular weight is 362 g/mol. The Hall–Kier alpha value is -1.40. The number of fused-ring (bicyclic) bond motifs is 1. The first-order valence-corrected chi connectivity index (χ1v) is 10.8. The van der Waals surface area contributed by atoms with Gasteiger partial charge in [-0.25, -0.2) is 8.42 Å². The van der Waals surface area contributed by atoms with Gasteiger partial charge in [0, 0.05) is 32.1 Å². The molecule has 1 amide bonds. The number of aryl methyl sites for hydroxylation is 2. The highest BCUT2D eigenvalue weighted by Crippen LogP contribution is 2.39. The molecule has 0 spiro atoms. The minimum absolute atomic E-state index is 0.170. The number of hydrogen-bond acceptors (Lipinski definition) is 3. The van der Waals surface area contributed by atoms with Gasteiger partial charge in [-0.1, -0.05) is 13.0 Å². The predicted octanol–water partition coefficient (Wildman–Crippen LogP) is 2.05. The molecule has 25 heavy (non-hydrogen) atoms. The number of nitrogens with zero attached hydrogens (tertiary/aromatic N) is 2. The van der Waals surface area contributed by atoms with Gasteiger partial charge < -0.3 is 4.90 Å². The van der Waals surface area contributed by atoms with Gasteiger partial charge in [0.15, 0.2) is 0 Å². The summed E-state index contributed by atoms with van der Waals surface area (Å²) in [6.45, 7) is 3.90. The number of benzene rings is 1. The van der Waals surface area contributed by atoms with E-state index in [1.54, 1.807) is 6.07 Å². The number of hydrogen-bond donors (Lipinski definition) is 0. The molecular formula is C19H26N2O3S. The molecule has 2 aliphatic carbocycles. The van der Waals surface area contributed by atoms with Gasteiger partial charge in [0.1, 0.15) is 0 Å². The molecular weight excluding hydrogens is 336 g/mol. The Labute approximate surface area is 150 Å². The van der Waals surface area contributed by atoms with Crippen molar-refractivity contribution in [3.05, 3.63) is 29.3 Å². The molecule has 2 atom stereocenters. The summed E-state index contributed by atoms with van der Waals surface area (Å²) in [7, 11) is -3.46. The normalized spacial score (nSPS) is 27.0. The molecule has 3 aliphatic rings. The second kappa shape index (κ2) is 6.40. The van der Waals surface area contributed by atoms with Crippen molar-refractivity contribution in [1.29, 1.82) is 0 Å². The van der Waals surface area contributed by atoms with Crippen molar-refractivity contribution in [2.24, 2.45) is 11.8 Å². The molecule has 0 radical (unpaired) electrons. The SMILES string of the molecule is C[C@H]1C[C@@H]1C(=O)N1CCN(S(=O)(=O)c2ccc3c(c2)CCCC3)CC1. The molecule has 0 unspecified atom stereocenters. The summed E-state index contributed by atoms with van der Waals surface area (Å²) in [5, 5.41) is 0. The van der Waals surface area contributed by atoms with Crippen molar-refractivity contribution in [2.75, 3.05) is 26.2 Å². The molecule has 1 saturated carbocycles. The van der Waals surface area contributed by atoms with Crippen LogP contribution < -0.4 is 0 Å². The fourth-order valence-corrected chi connectivity index (χ4v) is 5.54. The third kappa shape index (κ3) is 3.22. The van der Waals surface area contributed by atoms with E-state index in [4.69, 9.17) is 0 Å². The lowest BCUT2D eigenvalue weighted by molar-refractivity contribution is -0.134. The number of amides is 1. The van der Waals surface area contributed by atoms with Crippen LogP contribution in [0.1, 0.15) is 37.3 Å². The first-order chi connectivity index (χ1) is 12.0. The van der Waals surface area contributed by atoms with Gasteiger partial charge in [-0.3, -0.25) is 4.79 Å². The van der Waals surface area contributed by atoms with Crippen molar-refractivity contribution in [3.63, 3.8) is 0 Å². The Kier molecular flexibility index (Phi) is 4.36. The van der Waals surface area contributed by atoms with Crippen LogP contribution in [0.3, 0.4) is 0 Å². The Morgan fingerprint density at radius 1 is 1.04 bits per heavy atom. The highest BCUT2D eigenvalue weighted by molar-refractivity contribution is 7.89. The zero-order chi connectivity index (χ0) is 17.6. The zero-order valence-electron chi connectivity index (χ0n) is 14.8. The van der Waals surface area contributed by atoms with E-state index >= 15 is 0 Å². The lowest BCUT2D eigenvalue weighted by atomic mass is 9.92. The third-order valence-corrected chi connectivity index (χ3v) is 7.83. The van der Waals surface area contributed by atoms with Crippen LogP contribution in [0.25, 0.3) is 0 Å². The van der Waals surface area contributed by atoms with Gasteiger partial charge in [0.05, 0.1) is 4.90 Å². The summed E-state index contributed by atoms with van der Waals surface area (Å²) in [6.07, 6.45) is 5.33. The maximum absolute atomic E-state index is 13.0. The molecule has 0 bridgehead atoms. The van der Waals surface area contributed by atoms with Gasteiger partial charge in [0.25, 0.3) is 0 Å². The summed E-state index contributed by atoms with van der Waals surface area (Å²) in [4.78, 5) is 14.6. The van der Waals surface area contributed by atoms with Gasteiger partial charge in [-0.15, -0.1) is 0 Å². The zero-order valence-corrected chi connectivity index (χ0v) is 15.6. The van der Waals surface area contributed by atoms with Gasteiger partial charge in [0.2, 0.25) is 15.9 Å². The van der Waals surface area contributed by atoms with E-state index in [-0.39, 0.29) is 11.8 Å². The molecule has 136 valence electrons. The first kappa shape index (κ1) is 17.0. The van der Waals surface area contributed by atoms with E-state index in [9.17, 15) is 13.2 Å². The topological polar surface area (TPSA) is 57.7 Å². The van der Waals surface area contributed by atoms with Crippen molar-refractivity contribution in [3.8, 4) is 0 Å². The Morgan fingerprint density at radius 2 is 1.68 bits per heavy atom. The largest absolute Gasteiger partial charge is 0.340 e. The van der Waals surface area contributed by atoms with Crippen LogP contribution in [0.15, 0.2) is 23.1 Å². The maximum atomic E-state index is 13.0. The van der Waals surface area contributed by atoms with Crippen LogP contribution in [-0.2, 0) is 27.7 Å². The van der Waals surface area contributed by atoms with Crippen molar-refractivity contribution >= 4 is 15.9 Å². The molecule has 1 aromatic rings. The van der Waals surface area contributed by atoms with Crippen LogP contribution in [0.4, 0.5) is 0 Å². The average Bonchev–Trinajstić information content (AvgIpc) is 3.37. The van der Waals surface area contributed by atoms with Crippen molar-refractivity contribution in [2.45, 2.75) is 43.9 Å². The Bertz CT molecular complexity index is 782. The van der Waals surface area contributed by atoms with Crippen molar-refractivity contribution in [1.82, 2.24) is 9.21 Å². The van der Waals surface area contributed by atoms with E-state index in [0.29, 0.717) is 37.0 Å². The van der Waals surface area contributed by atoms with E-state index in [1.165, 1.54) is 21.9 Å². The van der Waals surface area contributed by atoms with Crippen LogP contribution in [0.5, 0.6) is 0 Å². The number of carbonyl (C=O) groups excluding carboxylic acids is 1. The lowest BCUT2D eigenvalue weighted by Crippen LogP contribution is -2.51. The van der Waals surface area contributed by atoms with Crippen LogP contribution in [0.2, 0.25) is 0 Å². The molecule has 1 saturated heterocycles. The molecule has 0 aromatic heterocycles. The maximum Gasteiger partial charge on any atom is 0.243 e. The van der Waals surface area contributed by atoms with E-state index < -0.39 is 10.0 Å². The fraction of sp³-hybridized carbons (Fsp3) is 0.632. The van der Waals surface area contributed by atoms with Gasteiger partial charge >= 0.3 is 0 Å². The smallest absolute Gasteiger partial charge is 0.243 e. The van der Waals surface area contributed by atoms with E-state index in [2.05, 4.69) is 6.92 Å². The molecule has 4 rings (SSSR count). The number of rotatable bonds is 3. The van der Waals surface area contributed by atoms with Gasteiger partial charge in [-0.2, -0.15) is 4.31 Å². The highest BCUT2D eigenvalue weighted by Gasteiger charge is 2.42. The minimum Gasteiger partial charge on any atom is -0.340 e. The molecule has 1 aliphatic heterocycles. The van der Waals surface area contributed by atoms with E-state index in [0.717, 1.165) is 25.7 Å². The third-order valence-electron chi connectivity index (χ3n) is 5.93. The summed E-state index contributed by atoms with van der Waals surface area (Å²) >= 11 is 0.